The molecular formula is C40H32BrN3O5S. The minimum Gasteiger partial charge on any atom is -0.497 e. The summed E-state index contributed by atoms with van der Waals surface area (Å²) in [5.74, 6) is 1.35. The fourth-order valence-corrected chi connectivity index (χ4v) is 7.76. The van der Waals surface area contributed by atoms with E-state index in [9.17, 15) is 9.59 Å². The van der Waals surface area contributed by atoms with Gasteiger partial charge in [0.15, 0.2) is 16.3 Å². The molecule has 8 nitrogen and oxygen atoms in total. The van der Waals surface area contributed by atoms with Gasteiger partial charge in [-0.15, -0.1) is 0 Å². The fourth-order valence-electron chi connectivity index (χ4n) is 6.14. The molecule has 1 N–H and O–H groups in total. The zero-order valence-corrected chi connectivity index (χ0v) is 29.9. The number of allylic oxidation sites excluding steroid dienone is 1. The number of halogens is 1. The molecule has 1 aliphatic heterocycles. The zero-order chi connectivity index (χ0) is 34.8. The third-order valence-electron chi connectivity index (χ3n) is 8.51. The number of rotatable bonds is 9. The number of hydrogen-bond donors (Lipinski definition) is 1. The Morgan fingerprint density at radius 2 is 1.70 bits per heavy atom. The van der Waals surface area contributed by atoms with Crippen LogP contribution in [0.5, 0.6) is 17.2 Å². The van der Waals surface area contributed by atoms with Gasteiger partial charge in [0.1, 0.15) is 12.4 Å². The molecule has 1 aliphatic rings. The van der Waals surface area contributed by atoms with Gasteiger partial charge in [-0.05, 0) is 92.8 Å². The molecule has 0 unspecified atom stereocenters. The molecule has 0 fully saturated rings. The number of aromatic nitrogens is 1. The van der Waals surface area contributed by atoms with Crippen LogP contribution >= 0.6 is 27.3 Å². The topological polar surface area (TPSA) is 91.2 Å². The second kappa shape index (κ2) is 14.2. The molecule has 0 saturated heterocycles. The summed E-state index contributed by atoms with van der Waals surface area (Å²) in [6, 6.07) is 33.9. The number of carbonyl (C=O) groups excluding carboxylic acids is 1. The highest BCUT2D eigenvalue weighted by atomic mass is 79.9. The second-order valence-corrected chi connectivity index (χ2v) is 13.5. The van der Waals surface area contributed by atoms with Crippen molar-refractivity contribution < 1.29 is 19.0 Å². The standard InChI is InChI=1S/C40H32BrN3O5S/c1-24-35(38(45)43-29-15-5-4-6-16-29)36(27-13-10-17-30(22-27)47-2)44-39(46)34(50-40(44)42-24)21-25-19-32(41)37(33(20-25)48-3)49-23-28-14-9-12-26-11-7-8-18-31(26)28/h4-22,36H,23H2,1-3H3,(H,43,45)/b34-21-/t36-/m0/s1. The zero-order valence-electron chi connectivity index (χ0n) is 27.5. The van der Waals surface area contributed by atoms with E-state index in [1.165, 1.54) is 11.3 Å². The van der Waals surface area contributed by atoms with Crippen molar-refractivity contribution >= 4 is 55.7 Å². The van der Waals surface area contributed by atoms with Crippen LogP contribution in [0.1, 0.15) is 29.7 Å². The molecule has 5 aromatic carbocycles. The van der Waals surface area contributed by atoms with Gasteiger partial charge in [0, 0.05) is 5.69 Å². The molecule has 0 saturated carbocycles. The number of methoxy groups -OCH3 is 2. The molecule has 0 bridgehead atoms. The summed E-state index contributed by atoms with van der Waals surface area (Å²) in [6.45, 7) is 2.14. The highest BCUT2D eigenvalue weighted by Gasteiger charge is 2.33. The summed E-state index contributed by atoms with van der Waals surface area (Å²) in [5, 5.41) is 5.25. The number of benzene rings is 5. The number of hydrogen-bond acceptors (Lipinski definition) is 7. The molecule has 0 aliphatic carbocycles. The normalized spacial score (nSPS) is 14.2. The molecule has 250 valence electrons. The van der Waals surface area contributed by atoms with Crippen molar-refractivity contribution in [3.63, 3.8) is 0 Å². The summed E-state index contributed by atoms with van der Waals surface area (Å²) < 4.78 is 20.3. The molecule has 0 spiro atoms. The summed E-state index contributed by atoms with van der Waals surface area (Å²) >= 11 is 4.94. The smallest absolute Gasteiger partial charge is 0.271 e. The Balaban J connectivity index is 1.27. The Labute approximate surface area is 300 Å². The number of nitrogens with one attached hydrogen (secondary N) is 1. The van der Waals surface area contributed by atoms with Gasteiger partial charge in [0.25, 0.3) is 11.5 Å². The van der Waals surface area contributed by atoms with Gasteiger partial charge in [-0.25, -0.2) is 4.99 Å². The minimum atomic E-state index is -0.738. The van der Waals surface area contributed by atoms with Crippen LogP contribution in [0.15, 0.2) is 135 Å². The Morgan fingerprint density at radius 3 is 2.50 bits per heavy atom. The molecule has 0 radical (unpaired) electrons. The molecule has 1 atom stereocenters. The van der Waals surface area contributed by atoms with E-state index in [0.717, 1.165) is 27.5 Å². The number of nitrogens with zero attached hydrogens (tertiary/aromatic N) is 2. The molecule has 50 heavy (non-hydrogen) atoms. The summed E-state index contributed by atoms with van der Waals surface area (Å²) in [5.41, 5.74) is 3.78. The maximum Gasteiger partial charge on any atom is 0.271 e. The van der Waals surface area contributed by atoms with E-state index in [2.05, 4.69) is 39.4 Å². The van der Waals surface area contributed by atoms with Crippen LogP contribution in [0.25, 0.3) is 16.8 Å². The molecule has 1 aromatic heterocycles. The predicted octanol–water partition coefficient (Wildman–Crippen LogP) is 7.39. The Hall–Kier alpha value is -5.45. The molecule has 2 heterocycles. The van der Waals surface area contributed by atoms with Crippen LogP contribution in [-0.4, -0.2) is 24.7 Å². The number of para-hydroxylation sites is 1. The monoisotopic (exact) mass is 745 g/mol. The van der Waals surface area contributed by atoms with Crippen molar-refractivity contribution in [1.29, 1.82) is 0 Å². The van der Waals surface area contributed by atoms with Gasteiger partial charge in [-0.2, -0.15) is 0 Å². The molecule has 1 amide bonds. The first kappa shape index (κ1) is 33.1. The van der Waals surface area contributed by atoms with Crippen molar-refractivity contribution in [3.05, 3.63) is 161 Å². The van der Waals surface area contributed by atoms with Crippen LogP contribution in [-0.2, 0) is 11.4 Å². The van der Waals surface area contributed by atoms with Gasteiger partial charge in [-0.3, -0.25) is 14.2 Å². The van der Waals surface area contributed by atoms with Crippen LogP contribution in [0.4, 0.5) is 5.69 Å². The number of amides is 1. The first-order valence-corrected chi connectivity index (χ1v) is 17.5. The summed E-state index contributed by atoms with van der Waals surface area (Å²) in [7, 11) is 3.17. The van der Waals surface area contributed by atoms with Gasteiger partial charge < -0.3 is 19.5 Å². The summed E-state index contributed by atoms with van der Waals surface area (Å²) in [4.78, 5) is 33.4. The number of fused-ring (bicyclic) bond motifs is 2. The Morgan fingerprint density at radius 1 is 0.940 bits per heavy atom. The Bertz CT molecular complexity index is 2470. The lowest BCUT2D eigenvalue weighted by atomic mass is 9.95. The third kappa shape index (κ3) is 6.47. The number of ether oxygens (including phenoxy) is 3. The minimum absolute atomic E-state index is 0.273. The molecule has 7 rings (SSSR count). The maximum absolute atomic E-state index is 14.3. The van der Waals surface area contributed by atoms with Crippen molar-refractivity contribution in [2.75, 3.05) is 19.5 Å². The van der Waals surface area contributed by atoms with Crippen molar-refractivity contribution in [3.8, 4) is 17.2 Å². The van der Waals surface area contributed by atoms with E-state index in [1.807, 2.05) is 91.0 Å². The number of anilines is 1. The highest BCUT2D eigenvalue weighted by molar-refractivity contribution is 9.10. The van der Waals surface area contributed by atoms with E-state index in [-0.39, 0.29) is 11.5 Å². The third-order valence-corrected chi connectivity index (χ3v) is 10.1. The van der Waals surface area contributed by atoms with Gasteiger partial charge >= 0.3 is 0 Å². The Kier molecular flexibility index (Phi) is 9.38. The quantitative estimate of drug-likeness (QED) is 0.167. The molecule has 10 heteroatoms. The lowest BCUT2D eigenvalue weighted by Gasteiger charge is -2.25. The van der Waals surface area contributed by atoms with Gasteiger partial charge in [-0.1, -0.05) is 84.1 Å². The van der Waals surface area contributed by atoms with Crippen molar-refractivity contribution in [1.82, 2.24) is 4.57 Å². The van der Waals surface area contributed by atoms with Crippen molar-refractivity contribution in [2.24, 2.45) is 4.99 Å². The van der Waals surface area contributed by atoms with E-state index in [1.54, 1.807) is 31.8 Å². The number of thiazole rings is 1. The van der Waals surface area contributed by atoms with Crippen LogP contribution in [0.3, 0.4) is 0 Å². The largest absolute Gasteiger partial charge is 0.497 e. The van der Waals surface area contributed by atoms with E-state index >= 15 is 0 Å². The average Bonchev–Trinajstić information content (AvgIpc) is 3.43. The predicted molar refractivity (Wildman–Crippen MR) is 201 cm³/mol. The van der Waals surface area contributed by atoms with Crippen LogP contribution in [0.2, 0.25) is 0 Å². The average molecular weight is 747 g/mol. The van der Waals surface area contributed by atoms with Gasteiger partial charge in [0.05, 0.1) is 40.5 Å². The van der Waals surface area contributed by atoms with E-state index in [0.29, 0.717) is 54.6 Å². The summed E-state index contributed by atoms with van der Waals surface area (Å²) in [6.07, 6.45) is 1.80. The van der Waals surface area contributed by atoms with E-state index < -0.39 is 6.04 Å². The maximum atomic E-state index is 14.3. The highest BCUT2D eigenvalue weighted by Crippen LogP contribution is 2.38. The van der Waals surface area contributed by atoms with Crippen LogP contribution in [0, 0.1) is 0 Å². The molecule has 6 aromatic rings. The second-order valence-electron chi connectivity index (χ2n) is 11.6. The SMILES string of the molecule is COc1cccc([C@H]2C(C(=O)Nc3ccccc3)=C(C)N=c3s/c(=C\c4cc(Br)c(OCc5cccc6ccccc56)c(OC)c4)c(=O)n32)c1. The van der Waals surface area contributed by atoms with Crippen molar-refractivity contribution in [2.45, 2.75) is 19.6 Å². The molecular weight excluding hydrogens is 714 g/mol. The fraction of sp³-hybridized carbons (Fsp3) is 0.125. The number of carbonyl (C=O) groups is 1. The van der Waals surface area contributed by atoms with Crippen LogP contribution < -0.4 is 34.4 Å². The first-order valence-electron chi connectivity index (χ1n) is 15.8. The lowest BCUT2D eigenvalue weighted by molar-refractivity contribution is -0.113. The van der Waals surface area contributed by atoms with Gasteiger partial charge in [0.2, 0.25) is 0 Å². The van der Waals surface area contributed by atoms with E-state index in [4.69, 9.17) is 19.2 Å². The first-order chi connectivity index (χ1) is 24.3. The lowest BCUT2D eigenvalue weighted by Crippen LogP contribution is -2.40.